The van der Waals surface area contributed by atoms with Crippen LogP contribution in [0.2, 0.25) is 0 Å². The minimum absolute atomic E-state index is 0.0156. The highest BCUT2D eigenvalue weighted by Crippen LogP contribution is 2.33. The number of pyridine rings is 1. The molecule has 0 atom stereocenters. The third-order valence-electron chi connectivity index (χ3n) is 5.84. The summed E-state index contributed by atoms with van der Waals surface area (Å²) in [6, 6.07) is 15.1. The first-order valence-corrected chi connectivity index (χ1v) is 10.6. The predicted octanol–water partition coefficient (Wildman–Crippen LogP) is 4.69. The van der Waals surface area contributed by atoms with Crippen LogP contribution >= 0.6 is 0 Å². The standard InChI is InChI=1S/C26H28N4O2/c1-26(2,3)17-10-8-16(9-11-17)25(32)29-22-7-5-6-18(21(22)15-31)20-14-30(4)24(27)23-19(20)12-13-28-23/h5-14,27-28,31H,15H2,1-4H3,(H,29,32). The van der Waals surface area contributed by atoms with Crippen molar-refractivity contribution in [2.24, 2.45) is 7.05 Å². The van der Waals surface area contributed by atoms with Gasteiger partial charge in [-0.15, -0.1) is 0 Å². The van der Waals surface area contributed by atoms with Crippen LogP contribution in [0.4, 0.5) is 5.69 Å². The molecule has 0 aliphatic heterocycles. The zero-order valence-electron chi connectivity index (χ0n) is 18.8. The normalized spacial score (nSPS) is 11.7. The molecule has 4 aromatic rings. The molecule has 0 aliphatic rings. The molecule has 0 saturated carbocycles. The molecule has 6 heteroatoms. The number of aliphatic hydroxyl groups excluding tert-OH is 1. The smallest absolute Gasteiger partial charge is 0.255 e. The molecule has 2 aromatic carbocycles. The van der Waals surface area contributed by atoms with Crippen molar-refractivity contribution in [2.45, 2.75) is 32.8 Å². The number of rotatable bonds is 4. The quantitative estimate of drug-likeness (QED) is 0.379. The molecule has 0 unspecified atom stereocenters. The number of benzene rings is 2. The van der Waals surface area contributed by atoms with E-state index in [9.17, 15) is 9.90 Å². The Labute approximate surface area is 187 Å². The highest BCUT2D eigenvalue weighted by Gasteiger charge is 2.17. The summed E-state index contributed by atoms with van der Waals surface area (Å²) in [7, 11) is 1.82. The van der Waals surface area contributed by atoms with E-state index in [2.05, 4.69) is 31.1 Å². The maximum Gasteiger partial charge on any atom is 0.255 e. The number of carbonyl (C=O) groups excluding carboxylic acids is 1. The molecule has 4 N–H and O–H groups in total. The highest BCUT2D eigenvalue weighted by atomic mass is 16.3. The lowest BCUT2D eigenvalue weighted by Gasteiger charge is -2.19. The summed E-state index contributed by atoms with van der Waals surface area (Å²) in [4.78, 5) is 16.1. The van der Waals surface area contributed by atoms with E-state index in [0.29, 0.717) is 22.3 Å². The third kappa shape index (κ3) is 3.85. The number of hydrogen-bond donors (Lipinski definition) is 4. The van der Waals surface area contributed by atoms with E-state index in [1.54, 1.807) is 16.8 Å². The molecule has 0 bridgehead atoms. The first-order chi connectivity index (χ1) is 15.2. The number of amides is 1. The second-order valence-corrected chi connectivity index (χ2v) is 9.04. The van der Waals surface area contributed by atoms with Gasteiger partial charge in [0.2, 0.25) is 0 Å². The van der Waals surface area contributed by atoms with Crippen LogP contribution in [0.1, 0.15) is 42.3 Å². The number of aliphatic hydroxyl groups is 1. The second-order valence-electron chi connectivity index (χ2n) is 9.04. The van der Waals surface area contributed by atoms with E-state index < -0.39 is 0 Å². The molecular formula is C26H28N4O2. The number of aryl methyl sites for hydroxylation is 1. The van der Waals surface area contributed by atoms with Crippen LogP contribution in [-0.4, -0.2) is 20.6 Å². The van der Waals surface area contributed by atoms with Gasteiger partial charge in [-0.05, 0) is 40.8 Å². The first-order valence-electron chi connectivity index (χ1n) is 10.6. The van der Waals surface area contributed by atoms with Crippen molar-refractivity contribution in [3.05, 3.63) is 83.1 Å². The molecule has 0 saturated heterocycles. The van der Waals surface area contributed by atoms with Gasteiger partial charge in [0.05, 0.1) is 12.1 Å². The highest BCUT2D eigenvalue weighted by molar-refractivity contribution is 6.05. The predicted molar refractivity (Wildman–Crippen MR) is 128 cm³/mol. The van der Waals surface area contributed by atoms with Gasteiger partial charge in [-0.1, -0.05) is 45.0 Å². The van der Waals surface area contributed by atoms with Gasteiger partial charge < -0.3 is 20.0 Å². The number of nitrogens with one attached hydrogen (secondary N) is 3. The number of H-pyrrole nitrogens is 1. The topological polar surface area (TPSA) is 93.9 Å². The molecule has 4 rings (SSSR count). The van der Waals surface area contributed by atoms with Crippen LogP contribution in [0.25, 0.3) is 22.0 Å². The molecule has 2 heterocycles. The summed E-state index contributed by atoms with van der Waals surface area (Å²) in [5.41, 5.74) is 5.73. The number of anilines is 1. The fourth-order valence-corrected chi connectivity index (χ4v) is 3.95. The van der Waals surface area contributed by atoms with E-state index in [1.807, 2.05) is 55.7 Å². The lowest BCUT2D eigenvalue weighted by atomic mass is 9.86. The van der Waals surface area contributed by atoms with Gasteiger partial charge in [0.1, 0.15) is 5.49 Å². The molecule has 2 aromatic heterocycles. The van der Waals surface area contributed by atoms with Crippen molar-refractivity contribution in [1.29, 1.82) is 5.41 Å². The number of nitrogens with zero attached hydrogens (tertiary/aromatic N) is 1. The average Bonchev–Trinajstić information content (AvgIpc) is 3.26. The summed E-state index contributed by atoms with van der Waals surface area (Å²) in [6.07, 6.45) is 3.68. The van der Waals surface area contributed by atoms with Crippen molar-refractivity contribution >= 4 is 22.5 Å². The van der Waals surface area contributed by atoms with Crippen LogP contribution in [0.15, 0.2) is 60.9 Å². The van der Waals surface area contributed by atoms with E-state index in [1.165, 1.54) is 0 Å². The molecule has 0 fully saturated rings. The Morgan fingerprint density at radius 1 is 1.09 bits per heavy atom. The maximum absolute atomic E-state index is 12.9. The molecule has 1 amide bonds. The van der Waals surface area contributed by atoms with Crippen molar-refractivity contribution in [1.82, 2.24) is 9.55 Å². The van der Waals surface area contributed by atoms with Crippen molar-refractivity contribution < 1.29 is 9.90 Å². The third-order valence-corrected chi connectivity index (χ3v) is 5.84. The van der Waals surface area contributed by atoms with Crippen molar-refractivity contribution in [3.63, 3.8) is 0 Å². The van der Waals surface area contributed by atoms with Crippen LogP contribution in [0.5, 0.6) is 0 Å². The van der Waals surface area contributed by atoms with Gasteiger partial charge in [-0.2, -0.15) is 0 Å². The van der Waals surface area contributed by atoms with Crippen LogP contribution in [0, 0.1) is 5.41 Å². The van der Waals surface area contributed by atoms with E-state index >= 15 is 0 Å². The Kier molecular flexibility index (Phi) is 5.48. The number of aromatic amines is 1. The Bertz CT molecular complexity index is 1360. The summed E-state index contributed by atoms with van der Waals surface area (Å²) in [5.74, 6) is -0.226. The molecule has 6 nitrogen and oxygen atoms in total. The van der Waals surface area contributed by atoms with Crippen LogP contribution in [-0.2, 0) is 19.1 Å². The molecule has 0 spiro atoms. The largest absolute Gasteiger partial charge is 0.392 e. The zero-order chi connectivity index (χ0) is 23.0. The average molecular weight is 429 g/mol. The fraction of sp³-hybridized carbons (Fsp3) is 0.231. The lowest BCUT2D eigenvalue weighted by Crippen LogP contribution is -2.17. The van der Waals surface area contributed by atoms with E-state index in [0.717, 1.165) is 27.6 Å². The number of aromatic nitrogens is 2. The Morgan fingerprint density at radius 3 is 2.47 bits per heavy atom. The van der Waals surface area contributed by atoms with Crippen molar-refractivity contribution in [3.8, 4) is 11.1 Å². The molecule has 0 aliphatic carbocycles. The van der Waals surface area contributed by atoms with Crippen LogP contribution < -0.4 is 10.8 Å². The molecule has 0 radical (unpaired) electrons. The van der Waals surface area contributed by atoms with Crippen molar-refractivity contribution in [2.75, 3.05) is 5.32 Å². The number of fused-ring (bicyclic) bond motifs is 1. The zero-order valence-corrected chi connectivity index (χ0v) is 18.8. The van der Waals surface area contributed by atoms with Gasteiger partial charge in [0.15, 0.2) is 0 Å². The molecular weight excluding hydrogens is 400 g/mol. The van der Waals surface area contributed by atoms with Gasteiger partial charge >= 0.3 is 0 Å². The summed E-state index contributed by atoms with van der Waals surface area (Å²) < 4.78 is 1.73. The fourth-order valence-electron chi connectivity index (χ4n) is 3.95. The van der Waals surface area contributed by atoms with Gasteiger partial charge in [-0.3, -0.25) is 10.2 Å². The summed E-state index contributed by atoms with van der Waals surface area (Å²) in [6.45, 7) is 6.18. The number of hydrogen-bond acceptors (Lipinski definition) is 3. The van der Waals surface area contributed by atoms with E-state index in [4.69, 9.17) is 5.41 Å². The first kappa shape index (κ1) is 21.6. The molecule has 32 heavy (non-hydrogen) atoms. The Balaban J connectivity index is 1.73. The SMILES string of the molecule is Cn1cc(-c2cccc(NC(=O)c3ccc(C(C)(C)C)cc3)c2CO)c2cc[nH]c2c1=N. The minimum Gasteiger partial charge on any atom is -0.392 e. The van der Waals surface area contributed by atoms with Gasteiger partial charge in [-0.25, -0.2) is 0 Å². The van der Waals surface area contributed by atoms with Crippen LogP contribution in [0.3, 0.4) is 0 Å². The minimum atomic E-state index is -0.229. The monoisotopic (exact) mass is 428 g/mol. The summed E-state index contributed by atoms with van der Waals surface area (Å²) in [5, 5.41) is 22.3. The van der Waals surface area contributed by atoms with Gasteiger partial charge in [0, 0.05) is 47.2 Å². The molecule has 164 valence electrons. The number of carbonyl (C=O) groups is 1. The van der Waals surface area contributed by atoms with Gasteiger partial charge in [0.25, 0.3) is 5.91 Å². The Hall–Kier alpha value is -3.64. The lowest BCUT2D eigenvalue weighted by molar-refractivity contribution is 0.102. The van der Waals surface area contributed by atoms with E-state index in [-0.39, 0.29) is 17.9 Å². The summed E-state index contributed by atoms with van der Waals surface area (Å²) >= 11 is 0. The Morgan fingerprint density at radius 2 is 1.81 bits per heavy atom. The maximum atomic E-state index is 12.9. The second kappa shape index (κ2) is 8.13.